The van der Waals surface area contributed by atoms with Crippen LogP contribution in [0.5, 0.6) is 0 Å². The molecular weight excluding hydrogens is 503 g/mol. The van der Waals surface area contributed by atoms with Gasteiger partial charge in [0.15, 0.2) is 0 Å². The number of carbonyl (C=O) groups is 1. The molecule has 0 aromatic heterocycles. The number of anilines is 1. The Morgan fingerprint density at radius 3 is 2.23 bits per heavy atom. The van der Waals surface area contributed by atoms with E-state index in [-0.39, 0.29) is 18.5 Å². The van der Waals surface area contributed by atoms with Gasteiger partial charge in [0.25, 0.3) is 5.91 Å². The van der Waals surface area contributed by atoms with Crippen molar-refractivity contribution in [3.05, 3.63) is 98.5 Å². The van der Waals surface area contributed by atoms with Crippen molar-refractivity contribution >= 4 is 44.8 Å². The maximum absolute atomic E-state index is 12.9. The Balaban J connectivity index is 1.50. The van der Waals surface area contributed by atoms with E-state index < -0.39 is 10.0 Å². The van der Waals surface area contributed by atoms with Gasteiger partial charge in [0.1, 0.15) is 0 Å². The standard InChI is InChI=1S/C27H28Cl2N2O3S/c1-18(21-11-10-19-6-3-4-7-22(19)16-21)30-27(32)20-12-14-23(15-13-20)31(35(2,33)34)17-24-25(28)8-5-9-26(24)29/h5,8-16,18H,3-4,6-7,17H2,1-2H3,(H,30,32)/t18-/m0/s1. The molecule has 184 valence electrons. The van der Waals surface area contributed by atoms with Crippen molar-refractivity contribution in [2.45, 2.75) is 45.2 Å². The maximum Gasteiger partial charge on any atom is 0.251 e. The van der Waals surface area contributed by atoms with E-state index >= 15 is 0 Å². The van der Waals surface area contributed by atoms with Gasteiger partial charge < -0.3 is 5.32 Å². The van der Waals surface area contributed by atoms with Crippen molar-refractivity contribution in [2.75, 3.05) is 10.6 Å². The second kappa shape index (κ2) is 10.6. The summed E-state index contributed by atoms with van der Waals surface area (Å²) in [6.07, 6.45) is 5.77. The SMILES string of the molecule is C[C@H](NC(=O)c1ccc(N(Cc2c(Cl)cccc2Cl)S(C)(=O)=O)cc1)c1ccc2c(c1)CCCC2. The summed E-state index contributed by atoms with van der Waals surface area (Å²) in [5.74, 6) is -0.221. The highest BCUT2D eigenvalue weighted by Gasteiger charge is 2.21. The van der Waals surface area contributed by atoms with E-state index in [1.54, 1.807) is 42.5 Å². The van der Waals surface area contributed by atoms with Gasteiger partial charge in [0.05, 0.1) is 24.5 Å². The zero-order valence-corrected chi connectivity index (χ0v) is 22.1. The summed E-state index contributed by atoms with van der Waals surface area (Å²) in [5, 5.41) is 3.82. The van der Waals surface area contributed by atoms with Gasteiger partial charge in [-0.1, -0.05) is 47.5 Å². The number of sulfonamides is 1. The fourth-order valence-electron chi connectivity index (χ4n) is 4.39. The first kappa shape index (κ1) is 25.5. The number of fused-ring (bicyclic) bond motifs is 1. The van der Waals surface area contributed by atoms with Crippen LogP contribution in [0.25, 0.3) is 0 Å². The molecule has 3 aromatic rings. The summed E-state index contributed by atoms with van der Waals surface area (Å²) >= 11 is 12.5. The molecule has 0 heterocycles. The molecule has 35 heavy (non-hydrogen) atoms. The Kier molecular flexibility index (Phi) is 7.74. The molecule has 0 fully saturated rings. The Hall–Kier alpha value is -2.54. The molecule has 1 atom stereocenters. The third-order valence-electron chi connectivity index (χ3n) is 6.40. The van der Waals surface area contributed by atoms with Gasteiger partial charge in [-0.3, -0.25) is 9.10 Å². The summed E-state index contributed by atoms with van der Waals surface area (Å²) < 4.78 is 26.3. The fourth-order valence-corrected chi connectivity index (χ4v) is 5.78. The van der Waals surface area contributed by atoms with Crippen LogP contribution in [0.4, 0.5) is 5.69 Å². The Morgan fingerprint density at radius 2 is 1.60 bits per heavy atom. The normalized spacial score (nSPS) is 14.2. The second-order valence-corrected chi connectivity index (χ2v) is 11.7. The molecule has 0 bridgehead atoms. The van der Waals surface area contributed by atoms with Crippen molar-refractivity contribution in [3.8, 4) is 0 Å². The fraction of sp³-hybridized carbons (Fsp3) is 0.296. The molecule has 4 rings (SSSR count). The van der Waals surface area contributed by atoms with E-state index in [0.29, 0.717) is 26.9 Å². The lowest BCUT2D eigenvalue weighted by Crippen LogP contribution is -2.30. The zero-order chi connectivity index (χ0) is 25.2. The molecule has 1 aliphatic carbocycles. The third-order valence-corrected chi connectivity index (χ3v) is 8.25. The Morgan fingerprint density at radius 1 is 0.971 bits per heavy atom. The molecule has 0 radical (unpaired) electrons. The number of aryl methyl sites for hydroxylation is 2. The lowest BCUT2D eigenvalue weighted by atomic mass is 9.89. The molecule has 3 aromatic carbocycles. The van der Waals surface area contributed by atoms with E-state index in [0.717, 1.165) is 24.7 Å². The Labute approximate surface area is 217 Å². The number of rotatable bonds is 7. The third kappa shape index (κ3) is 6.00. The van der Waals surface area contributed by atoms with Gasteiger partial charge in [-0.25, -0.2) is 8.42 Å². The van der Waals surface area contributed by atoms with E-state index in [2.05, 4.69) is 23.5 Å². The Bertz CT molecular complexity index is 1320. The molecule has 1 N–H and O–H groups in total. The topological polar surface area (TPSA) is 66.5 Å². The second-order valence-electron chi connectivity index (χ2n) is 8.95. The van der Waals surface area contributed by atoms with Crippen LogP contribution < -0.4 is 9.62 Å². The van der Waals surface area contributed by atoms with Crippen molar-refractivity contribution < 1.29 is 13.2 Å². The average molecular weight is 532 g/mol. The van der Waals surface area contributed by atoms with Crippen molar-refractivity contribution in [3.63, 3.8) is 0 Å². The van der Waals surface area contributed by atoms with Gasteiger partial charge in [-0.15, -0.1) is 0 Å². The van der Waals surface area contributed by atoms with Crippen LogP contribution in [-0.4, -0.2) is 20.6 Å². The van der Waals surface area contributed by atoms with Crippen LogP contribution in [0.3, 0.4) is 0 Å². The number of hydrogen-bond donors (Lipinski definition) is 1. The minimum Gasteiger partial charge on any atom is -0.346 e. The summed E-state index contributed by atoms with van der Waals surface area (Å²) in [7, 11) is -3.63. The molecule has 0 aliphatic heterocycles. The summed E-state index contributed by atoms with van der Waals surface area (Å²) in [6.45, 7) is 1.95. The number of nitrogens with one attached hydrogen (secondary N) is 1. The van der Waals surface area contributed by atoms with Gasteiger partial charge in [0, 0.05) is 21.2 Å². The number of halogens is 2. The van der Waals surface area contributed by atoms with Gasteiger partial charge in [0.2, 0.25) is 10.0 Å². The van der Waals surface area contributed by atoms with Crippen molar-refractivity contribution in [1.82, 2.24) is 5.32 Å². The van der Waals surface area contributed by atoms with Gasteiger partial charge in [-0.2, -0.15) is 0 Å². The number of hydrogen-bond acceptors (Lipinski definition) is 3. The molecule has 0 unspecified atom stereocenters. The number of nitrogens with zero attached hydrogens (tertiary/aromatic N) is 1. The van der Waals surface area contributed by atoms with Gasteiger partial charge in [-0.05, 0) is 85.7 Å². The molecule has 0 spiro atoms. The number of amides is 1. The molecule has 5 nitrogen and oxygen atoms in total. The minimum atomic E-state index is -3.63. The zero-order valence-electron chi connectivity index (χ0n) is 19.7. The number of benzene rings is 3. The van der Waals surface area contributed by atoms with E-state index in [1.165, 1.54) is 28.3 Å². The first-order valence-corrected chi connectivity index (χ1v) is 14.2. The van der Waals surface area contributed by atoms with E-state index in [1.807, 2.05) is 6.92 Å². The van der Waals surface area contributed by atoms with Crippen LogP contribution in [0.15, 0.2) is 60.7 Å². The van der Waals surface area contributed by atoms with E-state index in [9.17, 15) is 13.2 Å². The molecular formula is C27H28Cl2N2O3S. The van der Waals surface area contributed by atoms with Crippen LogP contribution in [0, 0.1) is 0 Å². The largest absolute Gasteiger partial charge is 0.346 e. The van der Waals surface area contributed by atoms with E-state index in [4.69, 9.17) is 23.2 Å². The summed E-state index contributed by atoms with van der Waals surface area (Å²) in [6, 6.07) is 17.8. The lowest BCUT2D eigenvalue weighted by molar-refractivity contribution is 0.0940. The van der Waals surface area contributed by atoms with Crippen LogP contribution in [0.1, 0.15) is 58.4 Å². The average Bonchev–Trinajstić information content (AvgIpc) is 2.83. The first-order valence-electron chi connectivity index (χ1n) is 11.6. The number of carbonyl (C=O) groups excluding carboxylic acids is 1. The first-order chi connectivity index (χ1) is 16.6. The van der Waals surface area contributed by atoms with Crippen LogP contribution in [0.2, 0.25) is 10.0 Å². The van der Waals surface area contributed by atoms with Crippen molar-refractivity contribution in [2.24, 2.45) is 0 Å². The highest BCUT2D eigenvalue weighted by molar-refractivity contribution is 7.92. The predicted molar refractivity (Wildman–Crippen MR) is 143 cm³/mol. The molecule has 0 saturated heterocycles. The summed E-state index contributed by atoms with van der Waals surface area (Å²) in [4.78, 5) is 12.9. The maximum atomic E-state index is 12.9. The highest BCUT2D eigenvalue weighted by atomic mass is 35.5. The highest BCUT2D eigenvalue weighted by Crippen LogP contribution is 2.30. The minimum absolute atomic E-state index is 0.0156. The smallest absolute Gasteiger partial charge is 0.251 e. The molecule has 8 heteroatoms. The molecule has 0 saturated carbocycles. The predicted octanol–water partition coefficient (Wildman–Crippen LogP) is 6.33. The molecule has 1 aliphatic rings. The van der Waals surface area contributed by atoms with Crippen molar-refractivity contribution in [1.29, 1.82) is 0 Å². The lowest BCUT2D eigenvalue weighted by Gasteiger charge is -2.24. The quantitative estimate of drug-likeness (QED) is 0.388. The molecule has 1 amide bonds. The summed E-state index contributed by atoms with van der Waals surface area (Å²) in [5.41, 5.74) is 5.24. The van der Waals surface area contributed by atoms with Crippen LogP contribution in [-0.2, 0) is 29.4 Å². The van der Waals surface area contributed by atoms with Gasteiger partial charge >= 0.3 is 0 Å². The van der Waals surface area contributed by atoms with Crippen LogP contribution >= 0.6 is 23.2 Å². The monoisotopic (exact) mass is 530 g/mol.